The number of alkyl halides is 1. The fourth-order valence-corrected chi connectivity index (χ4v) is 5.46. The number of sulfonamides is 1. The van der Waals surface area contributed by atoms with E-state index in [0.717, 1.165) is 6.42 Å². The van der Waals surface area contributed by atoms with Crippen LogP contribution in [0.5, 0.6) is 0 Å². The van der Waals surface area contributed by atoms with Crippen LogP contribution >= 0.6 is 15.9 Å². The van der Waals surface area contributed by atoms with Crippen LogP contribution in [0.25, 0.3) is 0 Å². The van der Waals surface area contributed by atoms with Gasteiger partial charge in [-0.05, 0) is 36.6 Å². The largest absolute Gasteiger partial charge is 0.326 e. The van der Waals surface area contributed by atoms with Crippen molar-refractivity contribution >= 4 is 37.5 Å². The molecular formula is C14H19BrN2O3S. The smallest absolute Gasteiger partial charge is 0.243 e. The minimum absolute atomic E-state index is 0.00924. The van der Waals surface area contributed by atoms with Gasteiger partial charge in [0.15, 0.2) is 0 Å². The van der Waals surface area contributed by atoms with Gasteiger partial charge in [0.1, 0.15) is 0 Å². The molecule has 1 amide bonds. The lowest BCUT2D eigenvalue weighted by Crippen LogP contribution is -2.38. The third-order valence-electron chi connectivity index (χ3n) is 3.77. The predicted molar refractivity (Wildman–Crippen MR) is 86.0 cm³/mol. The minimum Gasteiger partial charge on any atom is -0.326 e. The molecule has 1 aliphatic heterocycles. The van der Waals surface area contributed by atoms with Crippen molar-refractivity contribution in [2.75, 3.05) is 17.2 Å². The first-order valence-corrected chi connectivity index (χ1v) is 9.38. The maximum absolute atomic E-state index is 12.7. The Hall–Kier alpha value is -0.920. The van der Waals surface area contributed by atoms with Crippen molar-refractivity contribution in [3.63, 3.8) is 0 Å². The number of carbonyl (C=O) groups is 1. The normalized spacial score (nSPS) is 23.2. The topological polar surface area (TPSA) is 66.5 Å². The molecule has 1 aromatic carbocycles. The minimum atomic E-state index is -3.49. The van der Waals surface area contributed by atoms with Gasteiger partial charge in [-0.3, -0.25) is 4.79 Å². The molecule has 0 aromatic heterocycles. The van der Waals surface area contributed by atoms with Crippen LogP contribution in [0.4, 0.5) is 5.69 Å². The molecule has 1 saturated heterocycles. The first-order chi connectivity index (χ1) is 9.86. The van der Waals surface area contributed by atoms with Gasteiger partial charge in [-0.15, -0.1) is 0 Å². The summed E-state index contributed by atoms with van der Waals surface area (Å²) in [4.78, 5) is 11.2. The van der Waals surface area contributed by atoms with Gasteiger partial charge in [-0.25, -0.2) is 8.42 Å². The van der Waals surface area contributed by atoms with Crippen LogP contribution in [0.15, 0.2) is 29.2 Å². The summed E-state index contributed by atoms with van der Waals surface area (Å²) in [5.41, 5.74) is 0.591. The molecule has 2 atom stereocenters. The molecule has 1 fully saturated rings. The quantitative estimate of drug-likeness (QED) is 0.822. The molecule has 0 saturated carbocycles. The van der Waals surface area contributed by atoms with Gasteiger partial charge in [0, 0.05) is 30.5 Å². The van der Waals surface area contributed by atoms with Crippen molar-refractivity contribution in [2.45, 2.75) is 31.2 Å². The van der Waals surface area contributed by atoms with Crippen LogP contribution in [-0.2, 0) is 14.8 Å². The van der Waals surface area contributed by atoms with Crippen molar-refractivity contribution < 1.29 is 13.2 Å². The van der Waals surface area contributed by atoms with Gasteiger partial charge in [0.25, 0.3) is 0 Å². The lowest BCUT2D eigenvalue weighted by Gasteiger charge is -2.24. The number of nitrogens with one attached hydrogen (secondary N) is 1. The van der Waals surface area contributed by atoms with Gasteiger partial charge in [0.05, 0.1) is 4.90 Å². The number of amides is 1. The lowest BCUT2D eigenvalue weighted by molar-refractivity contribution is -0.114. The predicted octanol–water partition coefficient (Wildman–Crippen LogP) is 2.44. The summed E-state index contributed by atoms with van der Waals surface area (Å²) < 4.78 is 27.0. The molecule has 0 aliphatic carbocycles. The zero-order chi connectivity index (χ0) is 15.6. The molecule has 5 nitrogen and oxygen atoms in total. The van der Waals surface area contributed by atoms with E-state index in [-0.39, 0.29) is 16.8 Å². The van der Waals surface area contributed by atoms with E-state index < -0.39 is 10.0 Å². The molecule has 7 heteroatoms. The number of rotatable bonds is 4. The highest BCUT2D eigenvalue weighted by Gasteiger charge is 2.38. The van der Waals surface area contributed by atoms with E-state index >= 15 is 0 Å². The second kappa shape index (κ2) is 6.46. The summed E-state index contributed by atoms with van der Waals surface area (Å²) in [5, 5.41) is 3.26. The molecular weight excluding hydrogens is 356 g/mol. The lowest BCUT2D eigenvalue weighted by atomic mass is 10.1. The summed E-state index contributed by atoms with van der Waals surface area (Å²) in [6.07, 6.45) is 0.874. The maximum Gasteiger partial charge on any atom is 0.243 e. The number of halogens is 1. The molecule has 2 unspecified atom stereocenters. The number of hydrogen-bond acceptors (Lipinski definition) is 3. The summed E-state index contributed by atoms with van der Waals surface area (Å²) in [6.45, 7) is 4.03. The Labute approximate surface area is 133 Å². The Kier molecular flexibility index (Phi) is 5.06. The van der Waals surface area contributed by atoms with Crippen LogP contribution in [-0.4, -0.2) is 36.5 Å². The maximum atomic E-state index is 12.7. The second-order valence-electron chi connectivity index (χ2n) is 5.31. The number of hydrogen-bond donors (Lipinski definition) is 1. The van der Waals surface area contributed by atoms with Crippen LogP contribution < -0.4 is 5.32 Å². The summed E-state index contributed by atoms with van der Waals surface area (Å²) in [7, 11) is -3.49. The first-order valence-electron chi connectivity index (χ1n) is 6.81. The summed E-state index contributed by atoms with van der Waals surface area (Å²) in [5.74, 6) is 0.163. The van der Waals surface area contributed by atoms with Crippen molar-refractivity contribution in [1.29, 1.82) is 0 Å². The number of anilines is 1. The Balaban J connectivity index is 2.25. The fraction of sp³-hybridized carbons (Fsp3) is 0.500. The van der Waals surface area contributed by atoms with E-state index in [2.05, 4.69) is 28.2 Å². The van der Waals surface area contributed by atoms with Crippen molar-refractivity contribution in [1.82, 2.24) is 4.31 Å². The summed E-state index contributed by atoms with van der Waals surface area (Å²) >= 11 is 3.41. The molecule has 0 bridgehead atoms. The zero-order valence-corrected chi connectivity index (χ0v) is 14.4. The molecule has 1 heterocycles. The Morgan fingerprint density at radius 3 is 2.52 bits per heavy atom. The first kappa shape index (κ1) is 16.5. The molecule has 1 aliphatic rings. The molecule has 0 spiro atoms. The average Bonchev–Trinajstić information content (AvgIpc) is 2.80. The van der Waals surface area contributed by atoms with E-state index in [9.17, 15) is 13.2 Å². The van der Waals surface area contributed by atoms with E-state index in [1.165, 1.54) is 19.1 Å². The fourth-order valence-electron chi connectivity index (χ4n) is 2.55. The molecule has 0 radical (unpaired) electrons. The number of nitrogens with zero attached hydrogens (tertiary/aromatic N) is 1. The van der Waals surface area contributed by atoms with Gasteiger partial charge < -0.3 is 5.32 Å². The monoisotopic (exact) mass is 374 g/mol. The van der Waals surface area contributed by atoms with E-state index in [1.54, 1.807) is 16.4 Å². The van der Waals surface area contributed by atoms with Crippen molar-refractivity contribution in [3.8, 4) is 0 Å². The van der Waals surface area contributed by atoms with Crippen LogP contribution in [0.1, 0.15) is 20.3 Å². The third-order valence-corrected chi connectivity index (χ3v) is 6.37. The standard InChI is InChI=1S/C14H19BrN2O3S/c1-10-7-8-17(14(10)9-15)21(19,20)13-5-3-12(4-6-13)16-11(2)18/h3-6,10,14H,7-9H2,1-2H3,(H,16,18). The van der Waals surface area contributed by atoms with Gasteiger partial charge in [0.2, 0.25) is 15.9 Å². The van der Waals surface area contributed by atoms with Crippen molar-refractivity contribution in [3.05, 3.63) is 24.3 Å². The van der Waals surface area contributed by atoms with E-state index in [1.807, 2.05) is 0 Å². The number of benzene rings is 1. The highest BCUT2D eigenvalue weighted by molar-refractivity contribution is 9.09. The molecule has 116 valence electrons. The van der Waals surface area contributed by atoms with E-state index in [0.29, 0.717) is 23.5 Å². The van der Waals surface area contributed by atoms with Crippen LogP contribution in [0.2, 0.25) is 0 Å². The SMILES string of the molecule is CC(=O)Nc1ccc(S(=O)(=O)N2CCC(C)C2CBr)cc1. The van der Waals surface area contributed by atoms with E-state index in [4.69, 9.17) is 0 Å². The Morgan fingerprint density at radius 2 is 2.00 bits per heavy atom. The third kappa shape index (κ3) is 3.46. The van der Waals surface area contributed by atoms with Gasteiger partial charge in [-0.2, -0.15) is 4.31 Å². The second-order valence-corrected chi connectivity index (χ2v) is 7.85. The Morgan fingerprint density at radius 1 is 1.38 bits per heavy atom. The molecule has 1 aromatic rings. The molecule has 2 rings (SSSR count). The molecule has 21 heavy (non-hydrogen) atoms. The van der Waals surface area contributed by atoms with Gasteiger partial charge in [-0.1, -0.05) is 22.9 Å². The van der Waals surface area contributed by atoms with Crippen molar-refractivity contribution in [2.24, 2.45) is 5.92 Å². The van der Waals surface area contributed by atoms with Crippen LogP contribution in [0, 0.1) is 5.92 Å². The average molecular weight is 375 g/mol. The highest BCUT2D eigenvalue weighted by Crippen LogP contribution is 2.31. The highest BCUT2D eigenvalue weighted by atomic mass is 79.9. The van der Waals surface area contributed by atoms with Crippen LogP contribution in [0.3, 0.4) is 0 Å². The Bertz CT molecular complexity index is 616. The van der Waals surface area contributed by atoms with Gasteiger partial charge >= 0.3 is 0 Å². The molecule has 1 N–H and O–H groups in total. The summed E-state index contributed by atoms with van der Waals surface area (Å²) in [6, 6.07) is 6.28. The number of carbonyl (C=O) groups excluding carboxylic acids is 1. The zero-order valence-electron chi connectivity index (χ0n) is 12.0.